The fourth-order valence-electron chi connectivity index (χ4n) is 1.79. The highest BCUT2D eigenvalue weighted by atomic mass is 14.9. The van der Waals surface area contributed by atoms with E-state index in [4.69, 9.17) is 0 Å². The summed E-state index contributed by atoms with van der Waals surface area (Å²) < 4.78 is 0. The van der Waals surface area contributed by atoms with Gasteiger partial charge in [-0.25, -0.2) is 0 Å². The van der Waals surface area contributed by atoms with E-state index in [1.807, 2.05) is 0 Å². The second kappa shape index (κ2) is 4.35. The first kappa shape index (κ1) is 10.0. The Bertz CT molecular complexity index is 361. The average Bonchev–Trinajstić information content (AvgIpc) is 2.74. The first-order valence-corrected chi connectivity index (χ1v) is 5.44. The summed E-state index contributed by atoms with van der Waals surface area (Å²) in [7, 11) is 0. The second-order valence-electron chi connectivity index (χ2n) is 4.15. The Morgan fingerprint density at radius 1 is 1.07 bits per heavy atom. The molecule has 1 aliphatic carbocycles. The number of rotatable bonds is 3. The van der Waals surface area contributed by atoms with Crippen LogP contribution in [0.1, 0.15) is 12.5 Å². The largest absolute Gasteiger partial charge is 0.382 e. The van der Waals surface area contributed by atoms with Crippen LogP contribution in [-0.2, 0) is 0 Å². The van der Waals surface area contributed by atoms with E-state index in [9.17, 15) is 0 Å². The Labute approximate surface area is 91.5 Å². The SMILES string of the molecule is Cc1ccc(NC(C)C2C=CC=C2)cc1. The van der Waals surface area contributed by atoms with Crippen LogP contribution in [0.5, 0.6) is 0 Å². The summed E-state index contributed by atoms with van der Waals surface area (Å²) in [5.74, 6) is 0.520. The molecule has 0 heterocycles. The van der Waals surface area contributed by atoms with Crippen molar-refractivity contribution in [2.24, 2.45) is 5.92 Å². The molecule has 2 rings (SSSR count). The average molecular weight is 199 g/mol. The standard InChI is InChI=1S/C14H17N/c1-11-7-9-14(10-8-11)15-12(2)13-5-3-4-6-13/h3-10,12-13,15H,1-2H3. The van der Waals surface area contributed by atoms with Crippen molar-refractivity contribution in [1.82, 2.24) is 0 Å². The molecular weight excluding hydrogens is 182 g/mol. The van der Waals surface area contributed by atoms with Gasteiger partial charge < -0.3 is 5.32 Å². The molecule has 0 bridgehead atoms. The van der Waals surface area contributed by atoms with Gasteiger partial charge in [0.15, 0.2) is 0 Å². The van der Waals surface area contributed by atoms with E-state index in [-0.39, 0.29) is 0 Å². The molecule has 1 atom stereocenters. The molecule has 1 aromatic carbocycles. The molecule has 1 unspecified atom stereocenters. The van der Waals surface area contributed by atoms with Gasteiger partial charge in [0.25, 0.3) is 0 Å². The number of hydrogen-bond donors (Lipinski definition) is 1. The topological polar surface area (TPSA) is 12.0 Å². The molecule has 1 aromatic rings. The van der Waals surface area contributed by atoms with Crippen LogP contribution in [0.25, 0.3) is 0 Å². The lowest BCUT2D eigenvalue weighted by atomic mass is 10.0. The maximum atomic E-state index is 3.51. The minimum absolute atomic E-state index is 0.447. The van der Waals surface area contributed by atoms with Crippen molar-refractivity contribution in [1.29, 1.82) is 0 Å². The van der Waals surface area contributed by atoms with E-state index in [1.165, 1.54) is 11.3 Å². The fraction of sp³-hybridized carbons (Fsp3) is 0.286. The van der Waals surface area contributed by atoms with Crippen LogP contribution in [-0.4, -0.2) is 6.04 Å². The second-order valence-corrected chi connectivity index (χ2v) is 4.15. The number of aryl methyl sites for hydroxylation is 1. The van der Waals surface area contributed by atoms with Gasteiger partial charge in [-0.05, 0) is 26.0 Å². The lowest BCUT2D eigenvalue weighted by Crippen LogP contribution is -2.22. The van der Waals surface area contributed by atoms with Crippen LogP contribution >= 0.6 is 0 Å². The summed E-state index contributed by atoms with van der Waals surface area (Å²) in [6.07, 6.45) is 8.67. The maximum Gasteiger partial charge on any atom is 0.0342 e. The van der Waals surface area contributed by atoms with Crippen molar-refractivity contribution in [3.63, 3.8) is 0 Å². The number of benzene rings is 1. The molecule has 0 radical (unpaired) electrons. The van der Waals surface area contributed by atoms with E-state index in [0.29, 0.717) is 12.0 Å². The van der Waals surface area contributed by atoms with Gasteiger partial charge in [-0.1, -0.05) is 42.0 Å². The Kier molecular flexibility index (Phi) is 2.91. The van der Waals surface area contributed by atoms with Crippen molar-refractivity contribution >= 4 is 5.69 Å². The Balaban J connectivity index is 1.99. The molecule has 0 saturated heterocycles. The normalized spacial score (nSPS) is 16.9. The quantitative estimate of drug-likeness (QED) is 0.785. The van der Waals surface area contributed by atoms with Crippen LogP contribution in [0, 0.1) is 12.8 Å². The predicted molar refractivity (Wildman–Crippen MR) is 66.0 cm³/mol. The van der Waals surface area contributed by atoms with Crippen LogP contribution in [0.3, 0.4) is 0 Å². The molecule has 1 nitrogen and oxygen atoms in total. The third kappa shape index (κ3) is 2.50. The zero-order valence-electron chi connectivity index (χ0n) is 9.27. The molecule has 0 saturated carbocycles. The Hall–Kier alpha value is -1.50. The van der Waals surface area contributed by atoms with Gasteiger partial charge in [0.1, 0.15) is 0 Å². The summed E-state index contributed by atoms with van der Waals surface area (Å²) in [5.41, 5.74) is 2.50. The third-order valence-corrected chi connectivity index (χ3v) is 2.80. The number of allylic oxidation sites excluding steroid dienone is 2. The summed E-state index contributed by atoms with van der Waals surface area (Å²) in [6, 6.07) is 8.98. The zero-order valence-corrected chi connectivity index (χ0v) is 9.27. The molecule has 1 aliphatic rings. The van der Waals surface area contributed by atoms with Crippen LogP contribution in [0.2, 0.25) is 0 Å². The van der Waals surface area contributed by atoms with Crippen molar-refractivity contribution in [3.8, 4) is 0 Å². The monoisotopic (exact) mass is 199 g/mol. The van der Waals surface area contributed by atoms with Gasteiger partial charge in [-0.3, -0.25) is 0 Å². The molecule has 1 N–H and O–H groups in total. The van der Waals surface area contributed by atoms with E-state index in [2.05, 4.69) is 67.7 Å². The Morgan fingerprint density at radius 3 is 2.27 bits per heavy atom. The van der Waals surface area contributed by atoms with Crippen molar-refractivity contribution in [3.05, 3.63) is 54.1 Å². The number of hydrogen-bond acceptors (Lipinski definition) is 1. The molecule has 1 heteroatoms. The molecule has 0 aliphatic heterocycles. The predicted octanol–water partition coefficient (Wildman–Crippen LogP) is 3.54. The van der Waals surface area contributed by atoms with Gasteiger partial charge >= 0.3 is 0 Å². The summed E-state index contributed by atoms with van der Waals surface area (Å²) in [6.45, 7) is 4.32. The van der Waals surface area contributed by atoms with Crippen LogP contribution in [0.4, 0.5) is 5.69 Å². The zero-order chi connectivity index (χ0) is 10.7. The number of anilines is 1. The van der Waals surface area contributed by atoms with E-state index < -0.39 is 0 Å². The molecule has 0 amide bonds. The van der Waals surface area contributed by atoms with Gasteiger partial charge in [-0.15, -0.1) is 0 Å². The highest BCUT2D eigenvalue weighted by molar-refractivity contribution is 5.45. The van der Waals surface area contributed by atoms with Crippen molar-refractivity contribution < 1.29 is 0 Å². The van der Waals surface area contributed by atoms with Crippen LogP contribution in [0.15, 0.2) is 48.6 Å². The highest BCUT2D eigenvalue weighted by Gasteiger charge is 2.12. The minimum atomic E-state index is 0.447. The molecular formula is C14H17N. The van der Waals surface area contributed by atoms with Crippen molar-refractivity contribution in [2.45, 2.75) is 19.9 Å². The minimum Gasteiger partial charge on any atom is -0.382 e. The summed E-state index contributed by atoms with van der Waals surface area (Å²) >= 11 is 0. The highest BCUT2D eigenvalue weighted by Crippen LogP contribution is 2.18. The first-order chi connectivity index (χ1) is 7.25. The molecule has 78 valence electrons. The van der Waals surface area contributed by atoms with Crippen molar-refractivity contribution in [2.75, 3.05) is 5.32 Å². The van der Waals surface area contributed by atoms with E-state index in [1.54, 1.807) is 0 Å². The van der Waals surface area contributed by atoms with Gasteiger partial charge in [-0.2, -0.15) is 0 Å². The first-order valence-electron chi connectivity index (χ1n) is 5.44. The molecule has 0 spiro atoms. The van der Waals surface area contributed by atoms with Crippen LogP contribution < -0.4 is 5.32 Å². The summed E-state index contributed by atoms with van der Waals surface area (Å²) in [4.78, 5) is 0. The number of nitrogens with one attached hydrogen (secondary N) is 1. The van der Waals surface area contributed by atoms with Gasteiger partial charge in [0, 0.05) is 17.6 Å². The smallest absolute Gasteiger partial charge is 0.0342 e. The fourth-order valence-corrected chi connectivity index (χ4v) is 1.79. The van der Waals surface area contributed by atoms with Gasteiger partial charge in [0.2, 0.25) is 0 Å². The van der Waals surface area contributed by atoms with Gasteiger partial charge in [0.05, 0.1) is 0 Å². The lowest BCUT2D eigenvalue weighted by molar-refractivity contribution is 0.683. The summed E-state index contributed by atoms with van der Waals surface area (Å²) in [5, 5.41) is 3.51. The molecule has 0 aromatic heterocycles. The maximum absolute atomic E-state index is 3.51. The molecule has 0 fully saturated rings. The Morgan fingerprint density at radius 2 is 1.67 bits per heavy atom. The van der Waals surface area contributed by atoms with E-state index >= 15 is 0 Å². The lowest BCUT2D eigenvalue weighted by Gasteiger charge is -2.19. The van der Waals surface area contributed by atoms with E-state index in [0.717, 1.165) is 0 Å². The third-order valence-electron chi connectivity index (χ3n) is 2.80. The molecule has 15 heavy (non-hydrogen) atoms.